The van der Waals surface area contributed by atoms with Crippen LogP contribution in [0, 0.1) is 12.3 Å². The molecule has 0 unspecified atom stereocenters. The summed E-state index contributed by atoms with van der Waals surface area (Å²) in [7, 11) is 0. The van der Waals surface area contributed by atoms with Gasteiger partial charge in [0.25, 0.3) is 0 Å². The van der Waals surface area contributed by atoms with Crippen molar-refractivity contribution in [2.75, 3.05) is 0 Å². The minimum atomic E-state index is 0.727. The van der Waals surface area contributed by atoms with Crippen LogP contribution >= 0.6 is 0 Å². The lowest BCUT2D eigenvalue weighted by Gasteiger charge is -2.07. The van der Waals surface area contributed by atoms with Crippen molar-refractivity contribution in [3.8, 4) is 56.9 Å². The SMILES string of the molecule is C#CC1=Cc2nc1c(-c1ccccc1)c1ccc([nH]1)c(-c1ccccc1)c1nc(c(-c3ccccc3)c3ccc([nH]3)c2-c2ccccc2)C=C1. The molecule has 4 heteroatoms. The Hall–Kier alpha value is -6.96. The van der Waals surface area contributed by atoms with Crippen molar-refractivity contribution in [1.29, 1.82) is 0 Å². The largest absolute Gasteiger partial charge is 0.354 e. The number of hydrogen-bond acceptors (Lipinski definition) is 2. The smallest absolute Gasteiger partial charge is 0.0893 e. The molecule has 0 spiro atoms. The summed E-state index contributed by atoms with van der Waals surface area (Å²) in [6.07, 6.45) is 12.6. The molecule has 50 heavy (non-hydrogen) atoms. The van der Waals surface area contributed by atoms with Crippen molar-refractivity contribution in [1.82, 2.24) is 19.9 Å². The quantitative estimate of drug-likeness (QED) is 0.188. The summed E-state index contributed by atoms with van der Waals surface area (Å²) in [4.78, 5) is 18.3. The highest BCUT2D eigenvalue weighted by molar-refractivity contribution is 6.04. The third-order valence-corrected chi connectivity index (χ3v) is 9.27. The maximum absolute atomic E-state index is 6.28. The van der Waals surface area contributed by atoms with Crippen LogP contribution in [0.15, 0.2) is 146 Å². The van der Waals surface area contributed by atoms with Gasteiger partial charge in [-0.15, -0.1) is 6.42 Å². The van der Waals surface area contributed by atoms with Gasteiger partial charge in [0.15, 0.2) is 0 Å². The van der Waals surface area contributed by atoms with Crippen LogP contribution in [0.5, 0.6) is 0 Å². The number of H-pyrrole nitrogens is 2. The van der Waals surface area contributed by atoms with Crippen LogP contribution in [0.3, 0.4) is 0 Å². The number of aromatic nitrogens is 4. The maximum Gasteiger partial charge on any atom is 0.0893 e. The zero-order valence-corrected chi connectivity index (χ0v) is 27.1. The van der Waals surface area contributed by atoms with Crippen LogP contribution in [0.2, 0.25) is 0 Å². The van der Waals surface area contributed by atoms with Crippen molar-refractivity contribution in [2.45, 2.75) is 0 Å². The molecule has 2 aliphatic heterocycles. The molecule has 0 aliphatic carbocycles. The lowest BCUT2D eigenvalue weighted by molar-refractivity contribution is 1.31. The minimum Gasteiger partial charge on any atom is -0.354 e. The Balaban J connectivity index is 1.51. The maximum atomic E-state index is 6.28. The van der Waals surface area contributed by atoms with Crippen molar-refractivity contribution in [3.63, 3.8) is 0 Å². The van der Waals surface area contributed by atoms with Gasteiger partial charge in [-0.05, 0) is 64.7 Å². The Kier molecular flexibility index (Phi) is 7.15. The normalized spacial score (nSPS) is 12.0. The molecule has 0 fully saturated rings. The van der Waals surface area contributed by atoms with Gasteiger partial charge in [-0.2, -0.15) is 0 Å². The monoisotopic (exact) mass is 638 g/mol. The molecule has 234 valence electrons. The number of rotatable bonds is 4. The van der Waals surface area contributed by atoms with Gasteiger partial charge in [0.05, 0.1) is 28.3 Å². The lowest BCUT2D eigenvalue weighted by atomic mass is 10.00. The second-order valence-electron chi connectivity index (χ2n) is 12.3. The number of terminal acetylenes is 1. The molecule has 0 saturated carbocycles. The minimum absolute atomic E-state index is 0.727. The van der Waals surface area contributed by atoms with Crippen LogP contribution in [0.1, 0.15) is 22.8 Å². The van der Waals surface area contributed by atoms with E-state index in [4.69, 9.17) is 16.4 Å². The number of benzene rings is 4. The molecule has 8 bridgehead atoms. The molecule has 5 heterocycles. The molecular weight excluding hydrogens is 609 g/mol. The number of allylic oxidation sites excluding steroid dienone is 1. The molecule has 0 amide bonds. The van der Waals surface area contributed by atoms with E-state index in [0.717, 1.165) is 94.9 Å². The molecule has 4 nitrogen and oxygen atoms in total. The van der Waals surface area contributed by atoms with Crippen LogP contribution in [-0.4, -0.2) is 19.9 Å². The fraction of sp³-hybridized carbons (Fsp3) is 0. The molecule has 2 aliphatic rings. The first-order valence-corrected chi connectivity index (χ1v) is 16.6. The van der Waals surface area contributed by atoms with Gasteiger partial charge in [-0.25, -0.2) is 9.97 Å². The summed E-state index contributed by atoms with van der Waals surface area (Å²) >= 11 is 0. The van der Waals surface area contributed by atoms with E-state index < -0.39 is 0 Å². The molecule has 3 aromatic heterocycles. The van der Waals surface area contributed by atoms with E-state index in [-0.39, 0.29) is 0 Å². The molecule has 9 rings (SSSR count). The van der Waals surface area contributed by atoms with Crippen molar-refractivity contribution >= 4 is 45.9 Å². The van der Waals surface area contributed by atoms with E-state index in [1.807, 2.05) is 42.5 Å². The van der Waals surface area contributed by atoms with Gasteiger partial charge in [0, 0.05) is 44.3 Å². The third-order valence-electron chi connectivity index (χ3n) is 9.27. The second-order valence-corrected chi connectivity index (χ2v) is 12.3. The summed E-state index contributed by atoms with van der Waals surface area (Å²) in [5, 5.41) is 0. The summed E-state index contributed by atoms with van der Waals surface area (Å²) in [6.45, 7) is 0. The molecule has 0 radical (unpaired) electrons. The Morgan fingerprint density at radius 1 is 0.400 bits per heavy atom. The van der Waals surface area contributed by atoms with Gasteiger partial charge in [-0.3, -0.25) is 0 Å². The summed E-state index contributed by atoms with van der Waals surface area (Å²) in [5.74, 6) is 2.98. The average molecular weight is 639 g/mol. The molecule has 4 aromatic carbocycles. The number of fused-ring (bicyclic) bond motifs is 8. The highest BCUT2D eigenvalue weighted by Crippen LogP contribution is 2.40. The van der Waals surface area contributed by atoms with E-state index in [0.29, 0.717) is 0 Å². The first-order valence-electron chi connectivity index (χ1n) is 16.6. The highest BCUT2D eigenvalue weighted by atomic mass is 14.8. The van der Waals surface area contributed by atoms with Crippen molar-refractivity contribution in [3.05, 3.63) is 168 Å². The van der Waals surface area contributed by atoms with Crippen molar-refractivity contribution < 1.29 is 0 Å². The Labute approximate surface area is 290 Å². The van der Waals surface area contributed by atoms with E-state index in [1.165, 1.54) is 0 Å². The average Bonchev–Trinajstić information content (AvgIpc) is 4.00. The standard InChI is InChI=1S/C46H30N4/c1-2-30-29-41-44(33-19-11-5-12-20-33)39-26-25-37(48-39)42(31-15-7-3-8-16-31)35-23-24-36(47-35)43(32-17-9-4-10-18-32)38-27-28-40(49-38)45(46(30)50-41)34-21-13-6-14-22-34/h1,3-29,48-49H. The molecule has 7 aromatic rings. The van der Waals surface area contributed by atoms with Crippen LogP contribution in [0.4, 0.5) is 0 Å². The number of hydrogen-bond donors (Lipinski definition) is 2. The van der Waals surface area contributed by atoms with E-state index in [2.05, 4.69) is 137 Å². The van der Waals surface area contributed by atoms with Gasteiger partial charge in [0.2, 0.25) is 0 Å². The zero-order chi connectivity index (χ0) is 33.4. The van der Waals surface area contributed by atoms with Gasteiger partial charge in [0.1, 0.15) is 0 Å². The summed E-state index contributed by atoms with van der Waals surface area (Å²) in [6, 6.07) is 50.1. The van der Waals surface area contributed by atoms with Gasteiger partial charge >= 0.3 is 0 Å². The lowest BCUT2D eigenvalue weighted by Crippen LogP contribution is -1.90. The van der Waals surface area contributed by atoms with Crippen molar-refractivity contribution in [2.24, 2.45) is 0 Å². The molecular formula is C46H30N4. The van der Waals surface area contributed by atoms with Gasteiger partial charge < -0.3 is 9.97 Å². The predicted octanol–water partition coefficient (Wildman–Crippen LogP) is 11.3. The summed E-state index contributed by atoms with van der Waals surface area (Å²) < 4.78 is 0. The first-order chi connectivity index (χ1) is 24.7. The van der Waals surface area contributed by atoms with Crippen LogP contribution in [-0.2, 0) is 0 Å². The van der Waals surface area contributed by atoms with Crippen LogP contribution in [0.25, 0.3) is 90.4 Å². The number of nitrogens with one attached hydrogen (secondary N) is 2. The Bertz CT molecular complexity index is 2670. The summed E-state index contributed by atoms with van der Waals surface area (Å²) in [5.41, 5.74) is 15.9. The Morgan fingerprint density at radius 2 is 0.760 bits per heavy atom. The van der Waals surface area contributed by atoms with E-state index in [9.17, 15) is 0 Å². The predicted molar refractivity (Wildman–Crippen MR) is 208 cm³/mol. The molecule has 0 saturated heterocycles. The highest BCUT2D eigenvalue weighted by Gasteiger charge is 2.21. The fourth-order valence-electron chi connectivity index (χ4n) is 7.02. The van der Waals surface area contributed by atoms with E-state index in [1.54, 1.807) is 0 Å². The molecule has 2 N–H and O–H groups in total. The fourth-order valence-corrected chi connectivity index (χ4v) is 7.02. The third kappa shape index (κ3) is 5.06. The number of nitrogens with zero attached hydrogens (tertiary/aromatic N) is 2. The Morgan fingerprint density at radius 3 is 1.16 bits per heavy atom. The topological polar surface area (TPSA) is 57.4 Å². The zero-order valence-electron chi connectivity index (χ0n) is 27.1. The van der Waals surface area contributed by atoms with Crippen LogP contribution < -0.4 is 0 Å². The second kappa shape index (κ2) is 12.2. The number of aromatic amines is 2. The first kappa shape index (κ1) is 29.2. The molecule has 0 atom stereocenters. The van der Waals surface area contributed by atoms with Gasteiger partial charge in [-0.1, -0.05) is 127 Å². The van der Waals surface area contributed by atoms with E-state index >= 15 is 0 Å².